The van der Waals surface area contributed by atoms with Gasteiger partial charge in [0.25, 0.3) is 10.0 Å². The number of aromatic nitrogens is 1. The van der Waals surface area contributed by atoms with Gasteiger partial charge in [-0.25, -0.2) is 17.8 Å². The Balaban J connectivity index is 1.26. The van der Waals surface area contributed by atoms with E-state index in [0.29, 0.717) is 18.3 Å². The number of rotatable bonds is 9. The highest BCUT2D eigenvalue weighted by Crippen LogP contribution is 2.30. The maximum Gasteiger partial charge on any atom is 0.266 e. The summed E-state index contributed by atoms with van der Waals surface area (Å²) in [5.74, 6) is -0.0725. The molecule has 31 heavy (non-hydrogen) atoms. The van der Waals surface area contributed by atoms with Gasteiger partial charge < -0.3 is 15.5 Å². The van der Waals surface area contributed by atoms with E-state index >= 15 is 0 Å². The van der Waals surface area contributed by atoms with Gasteiger partial charge in [-0.2, -0.15) is 0 Å². The third-order valence-corrected chi connectivity index (χ3v) is 8.34. The van der Waals surface area contributed by atoms with E-state index in [1.54, 1.807) is 5.38 Å². The maximum absolute atomic E-state index is 14.5. The number of anilines is 2. The molecule has 2 saturated heterocycles. The number of likely N-dealkylation sites (tertiary alicyclic amines) is 1. The van der Waals surface area contributed by atoms with Crippen molar-refractivity contribution in [2.24, 2.45) is 5.92 Å². The number of halogens is 2. The molecular formula is C20H27ClFN5O2S2. The van der Waals surface area contributed by atoms with Crippen molar-refractivity contribution >= 4 is 43.8 Å². The number of thiazole rings is 1. The molecule has 170 valence electrons. The number of unbranched alkanes of at least 4 members (excludes halogenated alkanes) is 1. The number of sulfonamides is 1. The zero-order chi connectivity index (χ0) is 21.8. The highest BCUT2D eigenvalue weighted by Gasteiger charge is 2.33. The molecule has 0 spiro atoms. The standard InChI is InChI=1S/C20H27ClFN5O2S2/c21-15-10-19(31(28,29)26-20-25-7-9-30-20)16(22)11-17(15)23-5-1-2-8-27-12-14-4-3-6-24-18(14)13-27/h7,9-11,14,18,23-24H,1-6,8,12-13H2,(H,25,26). The van der Waals surface area contributed by atoms with Crippen LogP contribution in [0.3, 0.4) is 0 Å². The van der Waals surface area contributed by atoms with Gasteiger partial charge in [0.05, 0.1) is 10.7 Å². The zero-order valence-corrected chi connectivity index (χ0v) is 19.5. The Bertz CT molecular complexity index is 976. The Hall–Kier alpha value is -1.46. The smallest absolute Gasteiger partial charge is 0.266 e. The van der Waals surface area contributed by atoms with Crippen molar-refractivity contribution in [2.45, 2.75) is 36.6 Å². The normalized spacial score (nSPS) is 21.7. The van der Waals surface area contributed by atoms with Gasteiger partial charge in [0.15, 0.2) is 5.13 Å². The van der Waals surface area contributed by atoms with Crippen LogP contribution in [0.5, 0.6) is 0 Å². The molecule has 3 heterocycles. The van der Waals surface area contributed by atoms with Gasteiger partial charge in [0.2, 0.25) is 0 Å². The van der Waals surface area contributed by atoms with Crippen molar-refractivity contribution in [3.8, 4) is 0 Å². The molecule has 1 aromatic carbocycles. The first-order valence-corrected chi connectivity index (χ1v) is 13.3. The molecule has 2 aliphatic rings. The Labute approximate surface area is 191 Å². The van der Waals surface area contributed by atoms with Crippen LogP contribution in [-0.2, 0) is 10.0 Å². The first-order valence-electron chi connectivity index (χ1n) is 10.5. The molecule has 2 atom stereocenters. The minimum absolute atomic E-state index is 0.163. The summed E-state index contributed by atoms with van der Waals surface area (Å²) in [6.45, 7) is 5.13. The zero-order valence-electron chi connectivity index (χ0n) is 17.1. The monoisotopic (exact) mass is 487 g/mol. The Morgan fingerprint density at radius 3 is 2.97 bits per heavy atom. The van der Waals surface area contributed by atoms with Crippen molar-refractivity contribution in [2.75, 3.05) is 42.8 Å². The van der Waals surface area contributed by atoms with Gasteiger partial charge in [0, 0.05) is 37.3 Å². The topological polar surface area (TPSA) is 86.4 Å². The lowest BCUT2D eigenvalue weighted by molar-refractivity contribution is 0.314. The van der Waals surface area contributed by atoms with Gasteiger partial charge in [-0.3, -0.25) is 4.72 Å². The summed E-state index contributed by atoms with van der Waals surface area (Å²) in [6.07, 6.45) is 6.02. The molecular weight excluding hydrogens is 461 g/mol. The Morgan fingerprint density at radius 1 is 1.32 bits per heavy atom. The summed E-state index contributed by atoms with van der Waals surface area (Å²) in [7, 11) is -4.10. The van der Waals surface area contributed by atoms with Gasteiger partial charge in [0.1, 0.15) is 10.7 Å². The summed E-state index contributed by atoms with van der Waals surface area (Å²) >= 11 is 7.34. The molecule has 2 fully saturated rings. The molecule has 0 amide bonds. The van der Waals surface area contributed by atoms with Gasteiger partial charge in [-0.1, -0.05) is 11.6 Å². The number of benzene rings is 1. The molecule has 7 nitrogen and oxygen atoms in total. The third kappa shape index (κ3) is 5.67. The van der Waals surface area contributed by atoms with E-state index in [4.69, 9.17) is 11.6 Å². The second kappa shape index (κ2) is 9.99. The lowest BCUT2D eigenvalue weighted by atomic mass is 9.94. The van der Waals surface area contributed by atoms with E-state index in [-0.39, 0.29) is 10.2 Å². The molecule has 2 aromatic rings. The van der Waals surface area contributed by atoms with Crippen LogP contribution in [0, 0.1) is 11.7 Å². The van der Waals surface area contributed by atoms with Crippen molar-refractivity contribution < 1.29 is 12.8 Å². The third-order valence-electron chi connectivity index (χ3n) is 5.86. The van der Waals surface area contributed by atoms with E-state index in [2.05, 4.69) is 25.2 Å². The second-order valence-electron chi connectivity index (χ2n) is 8.06. The summed E-state index contributed by atoms with van der Waals surface area (Å²) in [5, 5.41) is 8.70. The molecule has 0 aliphatic carbocycles. The molecule has 4 rings (SSSR count). The molecule has 1 aromatic heterocycles. The van der Waals surface area contributed by atoms with Gasteiger partial charge in [-0.15, -0.1) is 11.3 Å². The number of hydrogen-bond donors (Lipinski definition) is 3. The van der Waals surface area contributed by atoms with Gasteiger partial charge >= 0.3 is 0 Å². The molecule has 2 unspecified atom stereocenters. The van der Waals surface area contributed by atoms with Crippen molar-refractivity contribution in [1.82, 2.24) is 15.2 Å². The maximum atomic E-state index is 14.5. The molecule has 3 N–H and O–H groups in total. The quantitative estimate of drug-likeness (QED) is 0.468. The lowest BCUT2D eigenvalue weighted by Crippen LogP contribution is -2.40. The highest BCUT2D eigenvalue weighted by molar-refractivity contribution is 7.93. The molecule has 0 bridgehead atoms. The van der Waals surface area contributed by atoms with Crippen molar-refractivity contribution in [3.63, 3.8) is 0 Å². The average molecular weight is 488 g/mol. The van der Waals surface area contributed by atoms with E-state index in [9.17, 15) is 12.8 Å². The molecule has 11 heteroatoms. The summed E-state index contributed by atoms with van der Waals surface area (Å²) in [5.41, 5.74) is 0.392. The van der Waals surface area contributed by atoms with Crippen LogP contribution in [-0.4, -0.2) is 57.1 Å². The first-order chi connectivity index (χ1) is 14.9. The van der Waals surface area contributed by atoms with E-state index in [1.165, 1.54) is 25.6 Å². The first kappa shape index (κ1) is 22.7. The Kier molecular flexibility index (Phi) is 7.33. The van der Waals surface area contributed by atoms with Crippen LogP contribution in [0.1, 0.15) is 25.7 Å². The largest absolute Gasteiger partial charge is 0.384 e. The van der Waals surface area contributed by atoms with Crippen LogP contribution in [0.15, 0.2) is 28.6 Å². The summed E-state index contributed by atoms with van der Waals surface area (Å²) in [6, 6.07) is 2.91. The van der Waals surface area contributed by atoms with Crippen molar-refractivity contribution in [3.05, 3.63) is 34.5 Å². The highest BCUT2D eigenvalue weighted by atomic mass is 35.5. The second-order valence-corrected chi connectivity index (χ2v) is 11.0. The minimum Gasteiger partial charge on any atom is -0.384 e. The van der Waals surface area contributed by atoms with Crippen LogP contribution < -0.4 is 15.4 Å². The lowest BCUT2D eigenvalue weighted by Gasteiger charge is -2.24. The number of nitrogens with zero attached hydrogens (tertiary/aromatic N) is 2. The number of hydrogen-bond acceptors (Lipinski definition) is 7. The summed E-state index contributed by atoms with van der Waals surface area (Å²) < 4.78 is 41.7. The fraction of sp³-hybridized carbons (Fsp3) is 0.550. The fourth-order valence-electron chi connectivity index (χ4n) is 4.32. The van der Waals surface area contributed by atoms with Gasteiger partial charge in [-0.05, 0) is 56.8 Å². The van der Waals surface area contributed by atoms with Crippen LogP contribution in [0.4, 0.5) is 15.2 Å². The number of nitrogens with one attached hydrogen (secondary N) is 3. The van der Waals surface area contributed by atoms with E-state index < -0.39 is 20.7 Å². The SMILES string of the molecule is O=S(=O)(Nc1nccs1)c1cc(Cl)c(NCCCCN2CC3CCCNC3C2)cc1F. The summed E-state index contributed by atoms with van der Waals surface area (Å²) in [4.78, 5) is 5.88. The van der Waals surface area contributed by atoms with Crippen molar-refractivity contribution in [1.29, 1.82) is 0 Å². The number of fused-ring (bicyclic) bond motifs is 1. The fourth-order valence-corrected chi connectivity index (χ4v) is 6.49. The van der Waals surface area contributed by atoms with Crippen LogP contribution in [0.2, 0.25) is 5.02 Å². The predicted octanol–water partition coefficient (Wildman–Crippen LogP) is 3.61. The molecule has 0 radical (unpaired) electrons. The van der Waals surface area contributed by atoms with Crippen LogP contribution in [0.25, 0.3) is 0 Å². The van der Waals surface area contributed by atoms with E-state index in [0.717, 1.165) is 61.9 Å². The minimum atomic E-state index is -4.10. The molecule has 2 aliphatic heterocycles. The van der Waals surface area contributed by atoms with E-state index in [1.807, 2.05) is 0 Å². The Morgan fingerprint density at radius 2 is 2.19 bits per heavy atom. The molecule has 0 saturated carbocycles. The average Bonchev–Trinajstić information content (AvgIpc) is 3.38. The predicted molar refractivity (Wildman–Crippen MR) is 123 cm³/mol. The van der Waals surface area contributed by atoms with Crippen LogP contribution >= 0.6 is 22.9 Å². The number of piperidine rings is 1.